The summed E-state index contributed by atoms with van der Waals surface area (Å²) < 4.78 is 10.1. The quantitative estimate of drug-likeness (QED) is 0.302. The summed E-state index contributed by atoms with van der Waals surface area (Å²) in [5, 5.41) is 3.22. The molecular weight excluding hydrogens is 312 g/mol. The van der Waals surface area contributed by atoms with E-state index < -0.39 is 0 Å². The zero-order valence-corrected chi connectivity index (χ0v) is 15.2. The zero-order chi connectivity index (χ0) is 17.9. The number of nitrogens with zero attached hydrogens (tertiary/aromatic N) is 3. The number of guanidine groups is 1. The molecule has 1 N–H and O–H groups in total. The van der Waals surface area contributed by atoms with Crippen LogP contribution in [0, 0.1) is 5.92 Å². The summed E-state index contributed by atoms with van der Waals surface area (Å²) in [6, 6.07) is 0. The highest BCUT2D eigenvalue weighted by Gasteiger charge is 2.27. The summed E-state index contributed by atoms with van der Waals surface area (Å²) in [5.41, 5.74) is 0. The normalized spacial score (nSPS) is 16.0. The Hall–Kier alpha value is -1.83. The number of likely N-dealkylation sites (N-methyl/N-ethyl adjacent to an activating group) is 1. The number of methoxy groups -OCH3 is 1. The van der Waals surface area contributed by atoms with Crippen LogP contribution < -0.4 is 5.32 Å². The van der Waals surface area contributed by atoms with Crippen molar-refractivity contribution in [3.8, 4) is 0 Å². The lowest BCUT2D eigenvalue weighted by Crippen LogP contribution is -2.47. The first kappa shape index (κ1) is 20.2. The van der Waals surface area contributed by atoms with E-state index in [9.17, 15) is 9.59 Å². The van der Waals surface area contributed by atoms with Gasteiger partial charge in [0.2, 0.25) is 5.91 Å². The monoisotopic (exact) mass is 342 g/mol. The molecule has 0 spiro atoms. The number of hydrogen-bond donors (Lipinski definition) is 1. The second-order valence-corrected chi connectivity index (χ2v) is 5.86. The number of likely N-dealkylation sites (tertiary alicyclic amines) is 1. The van der Waals surface area contributed by atoms with Gasteiger partial charge >= 0.3 is 5.97 Å². The fourth-order valence-corrected chi connectivity index (χ4v) is 2.40. The summed E-state index contributed by atoms with van der Waals surface area (Å²) in [5.74, 6) is 0.461. The third kappa shape index (κ3) is 6.74. The number of amides is 1. The molecule has 0 aromatic carbocycles. The van der Waals surface area contributed by atoms with Crippen LogP contribution in [0.25, 0.3) is 0 Å². The highest BCUT2D eigenvalue weighted by Crippen LogP contribution is 2.18. The first-order valence-electron chi connectivity index (χ1n) is 8.38. The maximum absolute atomic E-state index is 11.8. The van der Waals surface area contributed by atoms with Gasteiger partial charge in [-0.25, -0.2) is 4.99 Å². The van der Waals surface area contributed by atoms with Crippen molar-refractivity contribution in [2.24, 2.45) is 10.9 Å². The predicted octanol–water partition coefficient (Wildman–Crippen LogP) is -0.0583. The number of piperidine rings is 1. The maximum Gasteiger partial charge on any atom is 0.309 e. The molecule has 1 fully saturated rings. The smallest absolute Gasteiger partial charge is 0.309 e. The molecule has 0 radical (unpaired) electrons. The second-order valence-electron chi connectivity index (χ2n) is 5.86. The highest BCUT2D eigenvalue weighted by molar-refractivity contribution is 5.85. The fraction of sp³-hybridized carbons (Fsp3) is 0.812. The van der Waals surface area contributed by atoms with Crippen LogP contribution in [0.4, 0.5) is 0 Å². The van der Waals surface area contributed by atoms with Crippen molar-refractivity contribution in [1.29, 1.82) is 0 Å². The van der Waals surface area contributed by atoms with E-state index in [-0.39, 0.29) is 24.3 Å². The van der Waals surface area contributed by atoms with Crippen molar-refractivity contribution in [2.75, 3.05) is 60.6 Å². The Morgan fingerprint density at radius 1 is 1.29 bits per heavy atom. The number of aliphatic imine (C=N–C) groups is 1. The van der Waals surface area contributed by atoms with Crippen molar-refractivity contribution in [3.63, 3.8) is 0 Å². The van der Waals surface area contributed by atoms with E-state index >= 15 is 0 Å². The number of carbonyl (C=O) groups is 2. The van der Waals surface area contributed by atoms with Crippen LogP contribution in [-0.2, 0) is 19.1 Å². The van der Waals surface area contributed by atoms with Gasteiger partial charge in [-0.2, -0.15) is 0 Å². The van der Waals surface area contributed by atoms with Gasteiger partial charge in [0.05, 0.1) is 19.1 Å². The van der Waals surface area contributed by atoms with Gasteiger partial charge in [-0.15, -0.1) is 0 Å². The number of nitrogens with one attached hydrogen (secondary N) is 1. The van der Waals surface area contributed by atoms with Crippen LogP contribution in [0.2, 0.25) is 0 Å². The van der Waals surface area contributed by atoms with E-state index in [1.54, 1.807) is 21.2 Å². The minimum Gasteiger partial charge on any atom is -0.466 e. The Balaban J connectivity index is 2.62. The summed E-state index contributed by atoms with van der Waals surface area (Å²) >= 11 is 0. The molecule has 8 nitrogen and oxygen atoms in total. The molecule has 1 saturated heterocycles. The molecule has 0 atom stereocenters. The molecule has 1 aliphatic rings. The molecule has 0 bridgehead atoms. The molecule has 0 unspecified atom stereocenters. The van der Waals surface area contributed by atoms with Gasteiger partial charge in [0.15, 0.2) is 5.96 Å². The molecule has 1 amide bonds. The Morgan fingerprint density at radius 2 is 1.96 bits per heavy atom. The average molecular weight is 342 g/mol. The summed E-state index contributed by atoms with van der Waals surface area (Å²) in [6.07, 6.45) is 1.46. The van der Waals surface area contributed by atoms with Crippen LogP contribution >= 0.6 is 0 Å². The van der Waals surface area contributed by atoms with Crippen LogP contribution in [0.1, 0.15) is 19.8 Å². The van der Waals surface area contributed by atoms with Gasteiger partial charge in [-0.05, 0) is 19.8 Å². The molecule has 1 heterocycles. The topological polar surface area (TPSA) is 83.5 Å². The molecular formula is C16H30N4O4. The Labute approximate surface area is 144 Å². The lowest BCUT2D eigenvalue weighted by Gasteiger charge is -2.33. The van der Waals surface area contributed by atoms with E-state index in [0.29, 0.717) is 38.8 Å². The van der Waals surface area contributed by atoms with Crippen LogP contribution in [0.15, 0.2) is 4.99 Å². The lowest BCUT2D eigenvalue weighted by molar-refractivity contribution is -0.149. The second kappa shape index (κ2) is 10.9. The van der Waals surface area contributed by atoms with Gasteiger partial charge in [-0.3, -0.25) is 9.59 Å². The molecule has 24 heavy (non-hydrogen) atoms. The fourth-order valence-electron chi connectivity index (χ4n) is 2.40. The average Bonchev–Trinajstić information content (AvgIpc) is 2.58. The molecule has 1 aliphatic heterocycles. The van der Waals surface area contributed by atoms with Crippen LogP contribution in [-0.4, -0.2) is 88.2 Å². The van der Waals surface area contributed by atoms with Gasteiger partial charge in [0.1, 0.15) is 6.54 Å². The van der Waals surface area contributed by atoms with E-state index in [0.717, 1.165) is 12.8 Å². The van der Waals surface area contributed by atoms with Gasteiger partial charge in [0, 0.05) is 40.8 Å². The lowest BCUT2D eigenvalue weighted by atomic mass is 9.97. The van der Waals surface area contributed by atoms with Crippen molar-refractivity contribution < 1.29 is 19.1 Å². The number of ether oxygens (including phenoxy) is 2. The van der Waals surface area contributed by atoms with E-state index in [1.807, 2.05) is 6.92 Å². The Morgan fingerprint density at radius 3 is 2.50 bits per heavy atom. The summed E-state index contributed by atoms with van der Waals surface area (Å²) in [7, 11) is 5.06. The van der Waals surface area contributed by atoms with E-state index in [4.69, 9.17) is 9.47 Å². The zero-order valence-electron chi connectivity index (χ0n) is 15.2. The summed E-state index contributed by atoms with van der Waals surface area (Å²) in [4.78, 5) is 31.6. The standard InChI is InChI=1S/C16H30N4O4/c1-5-24-15(22)13-6-9-20(10-7-13)16(17-8-11-23-4)18-12-14(21)19(2)3/h13H,5-12H2,1-4H3,(H,17,18). The van der Waals surface area contributed by atoms with Crippen LogP contribution in [0.3, 0.4) is 0 Å². The van der Waals surface area contributed by atoms with E-state index in [2.05, 4.69) is 15.2 Å². The highest BCUT2D eigenvalue weighted by atomic mass is 16.5. The SMILES string of the molecule is CCOC(=O)C1CCN(C(=NCC(=O)N(C)C)NCCOC)CC1. The summed E-state index contributed by atoms with van der Waals surface area (Å²) in [6.45, 7) is 4.91. The molecule has 138 valence electrons. The number of hydrogen-bond acceptors (Lipinski definition) is 5. The Kier molecular flexibility index (Phi) is 9.14. The largest absolute Gasteiger partial charge is 0.466 e. The third-order valence-electron chi connectivity index (χ3n) is 3.87. The number of esters is 1. The minimum atomic E-state index is -0.120. The molecule has 8 heteroatoms. The molecule has 1 rings (SSSR count). The van der Waals surface area contributed by atoms with Crippen LogP contribution in [0.5, 0.6) is 0 Å². The van der Waals surface area contributed by atoms with E-state index in [1.165, 1.54) is 4.90 Å². The van der Waals surface area contributed by atoms with Crippen molar-refractivity contribution in [3.05, 3.63) is 0 Å². The maximum atomic E-state index is 11.8. The molecule has 0 aliphatic carbocycles. The third-order valence-corrected chi connectivity index (χ3v) is 3.87. The first-order chi connectivity index (χ1) is 11.5. The minimum absolute atomic E-state index is 0.0511. The van der Waals surface area contributed by atoms with Gasteiger partial charge < -0.3 is 24.6 Å². The van der Waals surface area contributed by atoms with Gasteiger partial charge in [0.25, 0.3) is 0 Å². The molecule has 0 aromatic heterocycles. The number of carbonyl (C=O) groups excluding carboxylic acids is 2. The Bertz CT molecular complexity index is 432. The first-order valence-corrected chi connectivity index (χ1v) is 8.38. The van der Waals surface area contributed by atoms with Gasteiger partial charge in [-0.1, -0.05) is 0 Å². The van der Waals surface area contributed by atoms with Crippen molar-refractivity contribution >= 4 is 17.8 Å². The number of rotatable bonds is 7. The predicted molar refractivity (Wildman–Crippen MR) is 91.8 cm³/mol. The molecule has 0 aromatic rings. The van der Waals surface area contributed by atoms with Crippen molar-refractivity contribution in [2.45, 2.75) is 19.8 Å². The van der Waals surface area contributed by atoms with Crippen molar-refractivity contribution in [1.82, 2.24) is 15.1 Å². The molecule has 0 saturated carbocycles.